The molecule has 2 aromatic heterocycles. The molecule has 0 saturated carbocycles. The summed E-state index contributed by atoms with van der Waals surface area (Å²) in [7, 11) is 1.67. The Morgan fingerprint density at radius 3 is 2.44 bits per heavy atom. The molecule has 0 spiro atoms. The van der Waals surface area contributed by atoms with Gasteiger partial charge in [0.05, 0.1) is 18.2 Å². The van der Waals surface area contributed by atoms with Crippen LogP contribution in [-0.2, 0) is 5.75 Å². The summed E-state index contributed by atoms with van der Waals surface area (Å²) in [5.74, 6) is 1.21. The van der Waals surface area contributed by atoms with Gasteiger partial charge in [-0.1, -0.05) is 54.6 Å². The summed E-state index contributed by atoms with van der Waals surface area (Å²) in [5, 5.41) is 1.86. The average Bonchev–Trinajstić information content (AvgIpc) is 3.24. The van der Waals surface area contributed by atoms with E-state index in [9.17, 15) is 4.39 Å². The summed E-state index contributed by atoms with van der Waals surface area (Å²) in [5.41, 5.74) is 4.90. The standard InChI is InChI=1S/C26H20FN3OS/c1-31-23-10-6-5-9-22(23)30-15-21(19-7-3-2-4-8-19)24-25(30)28-17-29-26(24)32-16-18-11-13-20(27)14-12-18/h2-15,17H,16H2,1H3. The molecule has 0 N–H and O–H groups in total. The van der Waals surface area contributed by atoms with Gasteiger partial charge in [-0.15, -0.1) is 11.8 Å². The van der Waals surface area contributed by atoms with Gasteiger partial charge in [0.15, 0.2) is 0 Å². The van der Waals surface area contributed by atoms with Crippen LogP contribution < -0.4 is 4.74 Å². The van der Waals surface area contributed by atoms with Gasteiger partial charge in [-0.3, -0.25) is 4.57 Å². The molecule has 5 aromatic rings. The molecule has 3 aromatic carbocycles. The van der Waals surface area contributed by atoms with Gasteiger partial charge in [-0.05, 0) is 35.4 Å². The van der Waals surface area contributed by atoms with Crippen molar-refractivity contribution in [2.45, 2.75) is 10.8 Å². The van der Waals surface area contributed by atoms with Crippen LogP contribution in [0.25, 0.3) is 27.8 Å². The normalized spacial score (nSPS) is 11.1. The highest BCUT2D eigenvalue weighted by Gasteiger charge is 2.19. The molecule has 0 saturated heterocycles. The molecule has 0 aliphatic heterocycles. The number of hydrogen-bond acceptors (Lipinski definition) is 4. The van der Waals surface area contributed by atoms with E-state index in [2.05, 4.69) is 32.9 Å². The van der Waals surface area contributed by atoms with E-state index in [4.69, 9.17) is 4.74 Å². The molecule has 6 heteroatoms. The number of hydrogen-bond donors (Lipinski definition) is 0. The summed E-state index contributed by atoms with van der Waals surface area (Å²) in [6, 6.07) is 24.7. The Morgan fingerprint density at radius 1 is 0.906 bits per heavy atom. The summed E-state index contributed by atoms with van der Waals surface area (Å²) in [6.07, 6.45) is 3.69. The highest BCUT2D eigenvalue weighted by Crippen LogP contribution is 2.38. The van der Waals surface area contributed by atoms with Gasteiger partial charge in [0.25, 0.3) is 0 Å². The van der Waals surface area contributed by atoms with Crippen LogP contribution in [0, 0.1) is 5.82 Å². The number of para-hydroxylation sites is 2. The number of thioether (sulfide) groups is 1. The highest BCUT2D eigenvalue weighted by molar-refractivity contribution is 7.98. The lowest BCUT2D eigenvalue weighted by molar-refractivity contribution is 0.413. The average molecular weight is 442 g/mol. The first kappa shape index (κ1) is 20.3. The van der Waals surface area contributed by atoms with E-state index < -0.39 is 0 Å². The van der Waals surface area contributed by atoms with Crippen LogP contribution in [0.4, 0.5) is 4.39 Å². The Morgan fingerprint density at radius 2 is 1.66 bits per heavy atom. The van der Waals surface area contributed by atoms with Gasteiger partial charge in [0.2, 0.25) is 0 Å². The van der Waals surface area contributed by atoms with Crippen molar-refractivity contribution in [1.82, 2.24) is 14.5 Å². The monoisotopic (exact) mass is 441 g/mol. The van der Waals surface area contributed by atoms with Crippen LogP contribution >= 0.6 is 11.8 Å². The number of halogens is 1. The van der Waals surface area contributed by atoms with Gasteiger partial charge in [0.1, 0.15) is 28.6 Å². The summed E-state index contributed by atoms with van der Waals surface area (Å²) < 4.78 is 20.9. The van der Waals surface area contributed by atoms with Crippen LogP contribution in [0.5, 0.6) is 5.75 Å². The quantitative estimate of drug-likeness (QED) is 0.222. The zero-order valence-corrected chi connectivity index (χ0v) is 18.2. The molecule has 32 heavy (non-hydrogen) atoms. The van der Waals surface area contributed by atoms with Gasteiger partial charge >= 0.3 is 0 Å². The second-order valence-corrected chi connectivity index (χ2v) is 8.21. The zero-order chi connectivity index (χ0) is 21.9. The molecule has 4 nitrogen and oxygen atoms in total. The minimum absolute atomic E-state index is 0.233. The molecule has 2 heterocycles. The van der Waals surface area contributed by atoms with Gasteiger partial charge in [-0.2, -0.15) is 0 Å². The molecule has 0 atom stereocenters. The molecule has 0 radical (unpaired) electrons. The lowest BCUT2D eigenvalue weighted by atomic mass is 10.1. The fourth-order valence-corrected chi connectivity index (χ4v) is 4.69. The van der Waals surface area contributed by atoms with Crippen molar-refractivity contribution in [3.05, 3.63) is 103 Å². The summed E-state index contributed by atoms with van der Waals surface area (Å²) in [6.45, 7) is 0. The third-order valence-corrected chi connectivity index (χ3v) is 6.33. The maximum Gasteiger partial charge on any atom is 0.149 e. The summed E-state index contributed by atoms with van der Waals surface area (Å²) >= 11 is 1.62. The van der Waals surface area contributed by atoms with E-state index in [1.807, 2.05) is 42.5 Å². The first-order valence-electron chi connectivity index (χ1n) is 10.2. The first-order valence-corrected chi connectivity index (χ1v) is 11.2. The van der Waals surface area contributed by atoms with Crippen molar-refractivity contribution in [2.24, 2.45) is 0 Å². The predicted molar refractivity (Wildman–Crippen MR) is 127 cm³/mol. The Hall–Kier alpha value is -3.64. The Balaban J connectivity index is 1.67. The van der Waals surface area contributed by atoms with Crippen LogP contribution in [0.15, 0.2) is 96.4 Å². The topological polar surface area (TPSA) is 39.9 Å². The van der Waals surface area contributed by atoms with Crippen molar-refractivity contribution >= 4 is 22.8 Å². The largest absolute Gasteiger partial charge is 0.495 e. The first-order chi connectivity index (χ1) is 15.7. The highest BCUT2D eigenvalue weighted by atomic mass is 32.2. The molecule has 158 valence electrons. The molecule has 0 bridgehead atoms. The minimum atomic E-state index is -0.233. The second-order valence-electron chi connectivity index (χ2n) is 7.24. The molecule has 0 unspecified atom stereocenters. The van der Waals surface area contributed by atoms with Gasteiger partial charge in [-0.25, -0.2) is 14.4 Å². The smallest absolute Gasteiger partial charge is 0.149 e. The predicted octanol–water partition coefficient (Wildman–Crippen LogP) is 6.53. The number of fused-ring (bicyclic) bond motifs is 1. The molecular formula is C26H20FN3OS. The van der Waals surface area contributed by atoms with Crippen LogP contribution in [0.2, 0.25) is 0 Å². The molecule has 5 rings (SSSR count). The molecule has 0 aliphatic carbocycles. The van der Waals surface area contributed by atoms with Crippen LogP contribution in [0.3, 0.4) is 0 Å². The third-order valence-electron chi connectivity index (χ3n) is 5.27. The number of rotatable bonds is 6. The van der Waals surface area contributed by atoms with Crippen molar-refractivity contribution < 1.29 is 9.13 Å². The molecule has 0 aliphatic rings. The van der Waals surface area contributed by atoms with Gasteiger partial charge in [0, 0.05) is 17.5 Å². The van der Waals surface area contributed by atoms with Crippen molar-refractivity contribution in [2.75, 3.05) is 7.11 Å². The third kappa shape index (κ3) is 3.85. The zero-order valence-electron chi connectivity index (χ0n) is 17.4. The second kappa shape index (κ2) is 8.85. The Bertz CT molecular complexity index is 1370. The van der Waals surface area contributed by atoms with Crippen molar-refractivity contribution in [3.63, 3.8) is 0 Å². The molecule has 0 amide bonds. The van der Waals surface area contributed by atoms with E-state index in [1.54, 1.807) is 37.3 Å². The van der Waals surface area contributed by atoms with Crippen molar-refractivity contribution in [3.8, 4) is 22.6 Å². The number of ether oxygens (including phenoxy) is 1. The van der Waals surface area contributed by atoms with Gasteiger partial charge < -0.3 is 4.74 Å². The van der Waals surface area contributed by atoms with Crippen molar-refractivity contribution in [1.29, 1.82) is 0 Å². The number of nitrogens with zero attached hydrogens (tertiary/aromatic N) is 3. The minimum Gasteiger partial charge on any atom is -0.495 e. The van der Waals surface area contributed by atoms with E-state index in [0.717, 1.165) is 44.2 Å². The fraction of sp³-hybridized carbons (Fsp3) is 0.0769. The van der Waals surface area contributed by atoms with E-state index in [-0.39, 0.29) is 5.82 Å². The molecular weight excluding hydrogens is 421 g/mol. The Kier molecular flexibility index (Phi) is 5.60. The fourth-order valence-electron chi connectivity index (χ4n) is 3.72. The Labute approximate surface area is 189 Å². The number of aromatic nitrogens is 3. The lowest BCUT2D eigenvalue weighted by Gasteiger charge is -2.10. The maximum absolute atomic E-state index is 13.3. The van der Waals surface area contributed by atoms with E-state index in [0.29, 0.717) is 5.75 Å². The number of benzene rings is 3. The van der Waals surface area contributed by atoms with E-state index >= 15 is 0 Å². The maximum atomic E-state index is 13.3. The number of methoxy groups -OCH3 is 1. The summed E-state index contributed by atoms with van der Waals surface area (Å²) in [4.78, 5) is 9.25. The van der Waals surface area contributed by atoms with Crippen LogP contribution in [0.1, 0.15) is 5.56 Å². The molecule has 0 fully saturated rings. The SMILES string of the molecule is COc1ccccc1-n1cc(-c2ccccc2)c2c(SCc3ccc(F)cc3)ncnc21. The lowest BCUT2D eigenvalue weighted by Crippen LogP contribution is -1.98. The van der Waals surface area contributed by atoms with E-state index in [1.165, 1.54) is 12.1 Å². The van der Waals surface area contributed by atoms with Crippen LogP contribution in [-0.4, -0.2) is 21.6 Å².